The lowest BCUT2D eigenvalue weighted by Gasteiger charge is -2.05. The number of nitrogens with one attached hydrogen (secondary N) is 1. The van der Waals surface area contributed by atoms with E-state index in [1.54, 1.807) is 18.5 Å². The quantitative estimate of drug-likeness (QED) is 0.606. The van der Waals surface area contributed by atoms with E-state index in [0.29, 0.717) is 28.9 Å². The zero-order chi connectivity index (χ0) is 19.6. The summed E-state index contributed by atoms with van der Waals surface area (Å²) in [6.45, 7) is 8.42. The number of aromatic nitrogens is 3. The molecule has 2 rings (SSSR count). The van der Waals surface area contributed by atoms with Crippen molar-refractivity contribution in [2.24, 2.45) is 7.05 Å². The van der Waals surface area contributed by atoms with Crippen molar-refractivity contribution in [3.05, 3.63) is 39.5 Å². The van der Waals surface area contributed by atoms with Gasteiger partial charge < -0.3 is 9.72 Å². The molecule has 0 aliphatic heterocycles. The van der Waals surface area contributed by atoms with Crippen molar-refractivity contribution >= 4 is 17.5 Å². The molecule has 7 heteroatoms. The summed E-state index contributed by atoms with van der Waals surface area (Å²) in [6.07, 6.45) is 0.704. The van der Waals surface area contributed by atoms with E-state index in [-0.39, 0.29) is 24.6 Å². The first-order valence-corrected chi connectivity index (χ1v) is 8.51. The maximum Gasteiger partial charge on any atom is 0.306 e. The lowest BCUT2D eigenvalue weighted by Crippen LogP contribution is -2.16. The number of aryl methyl sites for hydroxylation is 3. The van der Waals surface area contributed by atoms with E-state index in [9.17, 15) is 14.4 Å². The van der Waals surface area contributed by atoms with Crippen LogP contribution in [0, 0.1) is 27.7 Å². The highest BCUT2D eigenvalue weighted by molar-refractivity contribution is 6.04. The molecular formula is C19H25N3O4. The number of hydrogen-bond donors (Lipinski definition) is 1. The summed E-state index contributed by atoms with van der Waals surface area (Å²) < 4.78 is 6.89. The minimum atomic E-state index is -0.436. The Morgan fingerprint density at radius 3 is 2.31 bits per heavy atom. The Morgan fingerprint density at radius 1 is 1.15 bits per heavy atom. The predicted molar refractivity (Wildman–Crippen MR) is 96.6 cm³/mol. The molecule has 0 fully saturated rings. The minimum absolute atomic E-state index is 0.102. The van der Waals surface area contributed by atoms with Crippen LogP contribution < -0.4 is 0 Å². The van der Waals surface area contributed by atoms with Crippen LogP contribution in [-0.2, 0) is 23.0 Å². The van der Waals surface area contributed by atoms with Crippen molar-refractivity contribution < 1.29 is 19.1 Å². The SMILES string of the molecule is CC(=O)c1c(C)[nH]c(C(=O)COC(=O)CCc2c(C)nn(C)c2C)c1C. The standard InChI is InChI=1S/C19H25N3O4/c1-10-18(14(5)23)12(3)20-19(10)16(24)9-26-17(25)8-7-15-11(2)21-22(6)13(15)4/h20H,7-9H2,1-6H3. The van der Waals surface area contributed by atoms with E-state index in [4.69, 9.17) is 4.74 Å². The molecule has 0 aliphatic rings. The molecule has 1 N–H and O–H groups in total. The summed E-state index contributed by atoms with van der Waals surface area (Å²) in [5, 5.41) is 4.32. The smallest absolute Gasteiger partial charge is 0.306 e. The number of H-pyrrole nitrogens is 1. The molecule has 2 heterocycles. The summed E-state index contributed by atoms with van der Waals surface area (Å²) in [6, 6.07) is 0. The predicted octanol–water partition coefficient (Wildman–Crippen LogP) is 2.54. The van der Waals surface area contributed by atoms with Gasteiger partial charge in [-0.25, -0.2) is 0 Å². The van der Waals surface area contributed by atoms with Crippen LogP contribution in [-0.4, -0.2) is 38.9 Å². The van der Waals surface area contributed by atoms with E-state index in [2.05, 4.69) is 10.1 Å². The van der Waals surface area contributed by atoms with Crippen LogP contribution in [0.1, 0.15) is 62.4 Å². The summed E-state index contributed by atoms with van der Waals surface area (Å²) in [5.41, 5.74) is 5.01. The second kappa shape index (κ2) is 7.68. The topological polar surface area (TPSA) is 94.0 Å². The molecule has 0 bridgehead atoms. The van der Waals surface area contributed by atoms with Gasteiger partial charge in [0.15, 0.2) is 12.4 Å². The van der Waals surface area contributed by atoms with Crippen molar-refractivity contribution in [2.75, 3.05) is 6.61 Å². The zero-order valence-electron chi connectivity index (χ0n) is 16.1. The molecule has 0 spiro atoms. The first kappa shape index (κ1) is 19.6. The molecule has 0 aromatic carbocycles. The van der Waals surface area contributed by atoms with Crippen LogP contribution >= 0.6 is 0 Å². The van der Waals surface area contributed by atoms with Gasteiger partial charge in [0.1, 0.15) is 0 Å². The number of nitrogens with zero attached hydrogens (tertiary/aromatic N) is 2. The number of carbonyl (C=O) groups excluding carboxylic acids is 3. The van der Waals surface area contributed by atoms with Crippen LogP contribution in [0.5, 0.6) is 0 Å². The molecule has 0 saturated heterocycles. The normalized spacial score (nSPS) is 10.8. The highest BCUT2D eigenvalue weighted by Gasteiger charge is 2.21. The minimum Gasteiger partial charge on any atom is -0.457 e. The van der Waals surface area contributed by atoms with Crippen molar-refractivity contribution in [1.29, 1.82) is 0 Å². The Bertz CT molecular complexity index is 874. The second-order valence-corrected chi connectivity index (χ2v) is 6.54. The fraction of sp³-hybridized carbons (Fsp3) is 0.474. The third-order valence-electron chi connectivity index (χ3n) is 4.67. The number of ether oxygens (including phenoxy) is 1. The summed E-state index contributed by atoms with van der Waals surface area (Å²) in [7, 11) is 1.86. The number of ketones is 2. The molecule has 7 nitrogen and oxygen atoms in total. The molecule has 0 aliphatic carbocycles. The Kier molecular flexibility index (Phi) is 5.79. The zero-order valence-corrected chi connectivity index (χ0v) is 16.1. The van der Waals surface area contributed by atoms with Gasteiger partial charge in [-0.2, -0.15) is 5.10 Å². The van der Waals surface area contributed by atoms with Crippen LogP contribution in [0.15, 0.2) is 0 Å². The van der Waals surface area contributed by atoms with Gasteiger partial charge in [0.25, 0.3) is 0 Å². The van der Waals surface area contributed by atoms with Gasteiger partial charge in [-0.1, -0.05) is 0 Å². The van der Waals surface area contributed by atoms with E-state index < -0.39 is 5.97 Å². The molecule has 0 amide bonds. The fourth-order valence-electron chi connectivity index (χ4n) is 3.25. The number of hydrogen-bond acceptors (Lipinski definition) is 5. The fourth-order valence-corrected chi connectivity index (χ4v) is 3.25. The molecule has 0 unspecified atom stereocenters. The molecule has 140 valence electrons. The van der Waals surface area contributed by atoms with Gasteiger partial charge in [0.05, 0.1) is 11.4 Å². The van der Waals surface area contributed by atoms with Crippen molar-refractivity contribution in [3.63, 3.8) is 0 Å². The third kappa shape index (κ3) is 3.92. The molecule has 2 aromatic heterocycles. The van der Waals surface area contributed by atoms with Crippen LogP contribution in [0.4, 0.5) is 0 Å². The number of esters is 1. The molecule has 0 saturated carbocycles. The van der Waals surface area contributed by atoms with E-state index in [1.165, 1.54) is 6.92 Å². The average molecular weight is 359 g/mol. The van der Waals surface area contributed by atoms with Gasteiger partial charge in [-0.3, -0.25) is 19.1 Å². The number of carbonyl (C=O) groups is 3. The number of aromatic amines is 1. The molecule has 2 aromatic rings. The Hall–Kier alpha value is -2.70. The molecule has 26 heavy (non-hydrogen) atoms. The first-order chi connectivity index (χ1) is 12.1. The lowest BCUT2D eigenvalue weighted by molar-refractivity contribution is -0.142. The Morgan fingerprint density at radius 2 is 1.81 bits per heavy atom. The van der Waals surface area contributed by atoms with E-state index in [1.807, 2.05) is 20.9 Å². The summed E-state index contributed by atoms with van der Waals surface area (Å²) >= 11 is 0. The van der Waals surface area contributed by atoms with Crippen molar-refractivity contribution in [3.8, 4) is 0 Å². The van der Waals surface area contributed by atoms with Gasteiger partial charge in [0.2, 0.25) is 5.78 Å². The number of rotatable bonds is 7. The van der Waals surface area contributed by atoms with Crippen LogP contribution in [0.3, 0.4) is 0 Å². The largest absolute Gasteiger partial charge is 0.457 e. The average Bonchev–Trinajstić information content (AvgIpc) is 2.99. The van der Waals surface area contributed by atoms with Crippen LogP contribution in [0.2, 0.25) is 0 Å². The second-order valence-electron chi connectivity index (χ2n) is 6.54. The maximum absolute atomic E-state index is 12.3. The Balaban J connectivity index is 1.94. The van der Waals surface area contributed by atoms with Crippen molar-refractivity contribution in [2.45, 2.75) is 47.5 Å². The number of Topliss-reactive ketones (excluding diaryl/α,β-unsaturated/α-hetero) is 2. The Labute approximate surface area is 152 Å². The van der Waals surface area contributed by atoms with Gasteiger partial charge in [-0.15, -0.1) is 0 Å². The van der Waals surface area contributed by atoms with E-state index in [0.717, 1.165) is 17.0 Å². The van der Waals surface area contributed by atoms with Gasteiger partial charge in [-0.05, 0) is 52.2 Å². The highest BCUT2D eigenvalue weighted by atomic mass is 16.5. The molecule has 0 atom stereocenters. The lowest BCUT2D eigenvalue weighted by atomic mass is 10.1. The highest BCUT2D eigenvalue weighted by Crippen LogP contribution is 2.19. The first-order valence-electron chi connectivity index (χ1n) is 8.51. The van der Waals surface area contributed by atoms with Crippen molar-refractivity contribution in [1.82, 2.24) is 14.8 Å². The monoisotopic (exact) mass is 359 g/mol. The summed E-state index contributed by atoms with van der Waals surface area (Å²) in [5.74, 6) is -0.886. The maximum atomic E-state index is 12.3. The van der Waals surface area contributed by atoms with Crippen LogP contribution in [0.25, 0.3) is 0 Å². The molecule has 0 radical (unpaired) electrons. The van der Waals surface area contributed by atoms with E-state index >= 15 is 0 Å². The summed E-state index contributed by atoms with van der Waals surface area (Å²) in [4.78, 5) is 38.9. The van der Waals surface area contributed by atoms with Gasteiger partial charge >= 0.3 is 5.97 Å². The van der Waals surface area contributed by atoms with Gasteiger partial charge in [0, 0.05) is 30.4 Å². The third-order valence-corrected chi connectivity index (χ3v) is 4.67. The molecular weight excluding hydrogens is 334 g/mol.